The van der Waals surface area contributed by atoms with Gasteiger partial charge in [0.2, 0.25) is 5.96 Å². The van der Waals surface area contributed by atoms with Crippen LogP contribution in [0.3, 0.4) is 0 Å². The maximum Gasteiger partial charge on any atom is 0.300 e. The molecule has 7 nitrogen and oxygen atoms in total. The maximum atomic E-state index is 9.00. The van der Waals surface area contributed by atoms with Crippen LogP contribution >= 0.6 is 0 Å². The molecule has 1 aromatic carbocycles. The molecule has 0 aromatic heterocycles. The molecule has 0 saturated carbocycles. The van der Waals surface area contributed by atoms with E-state index in [0.29, 0.717) is 0 Å². The normalized spacial score (nSPS) is 9.67. The van der Waals surface area contributed by atoms with Crippen LogP contribution in [-0.4, -0.2) is 36.3 Å². The van der Waals surface area contributed by atoms with Crippen molar-refractivity contribution in [3.05, 3.63) is 29.8 Å². The topological polar surface area (TPSA) is 117 Å². The molecular weight excluding hydrogens is 270 g/mol. The van der Waals surface area contributed by atoms with Crippen molar-refractivity contribution in [2.24, 2.45) is 21.7 Å². The number of rotatable bonds is 5. The van der Waals surface area contributed by atoms with E-state index in [1.54, 1.807) is 6.21 Å². The van der Waals surface area contributed by atoms with E-state index in [1.165, 1.54) is 5.69 Å². The van der Waals surface area contributed by atoms with Gasteiger partial charge in [0.25, 0.3) is 5.97 Å². The van der Waals surface area contributed by atoms with Gasteiger partial charge in [0.1, 0.15) is 0 Å². The van der Waals surface area contributed by atoms with Gasteiger partial charge in [0, 0.05) is 25.7 Å². The van der Waals surface area contributed by atoms with Crippen molar-refractivity contribution in [1.29, 1.82) is 0 Å². The van der Waals surface area contributed by atoms with Crippen molar-refractivity contribution in [2.75, 3.05) is 18.0 Å². The quantitative estimate of drug-likeness (QED) is 0.429. The molecule has 0 spiro atoms. The summed E-state index contributed by atoms with van der Waals surface area (Å²) in [7, 11) is 0. The molecule has 1 rings (SSSR count). The minimum absolute atomic E-state index is 0.0407. The van der Waals surface area contributed by atoms with E-state index in [-0.39, 0.29) is 5.96 Å². The number of hydrogen-bond donors (Lipinski definition) is 3. The SMILES string of the molecule is CC(=O)O.CCN(CC)c1ccc(C=NN=C(N)N)cc1. The molecule has 0 atom stereocenters. The zero-order valence-electron chi connectivity index (χ0n) is 12.7. The Morgan fingerprint density at radius 3 is 2.10 bits per heavy atom. The lowest BCUT2D eigenvalue weighted by atomic mass is 10.2. The first kappa shape index (κ1) is 18.4. The van der Waals surface area contributed by atoms with Gasteiger partial charge in [0.15, 0.2) is 0 Å². The van der Waals surface area contributed by atoms with Gasteiger partial charge in [-0.25, -0.2) is 0 Å². The first-order valence-electron chi connectivity index (χ1n) is 6.57. The molecule has 0 radical (unpaired) electrons. The van der Waals surface area contributed by atoms with E-state index in [0.717, 1.165) is 25.6 Å². The smallest absolute Gasteiger partial charge is 0.300 e. The van der Waals surface area contributed by atoms with Crippen LogP contribution < -0.4 is 16.4 Å². The van der Waals surface area contributed by atoms with Gasteiger partial charge >= 0.3 is 0 Å². The number of carbonyl (C=O) groups is 1. The van der Waals surface area contributed by atoms with E-state index in [1.807, 2.05) is 12.1 Å². The summed E-state index contributed by atoms with van der Waals surface area (Å²) in [5, 5.41) is 14.7. The zero-order chi connectivity index (χ0) is 16.3. The summed E-state index contributed by atoms with van der Waals surface area (Å²) < 4.78 is 0. The van der Waals surface area contributed by atoms with E-state index in [2.05, 4.69) is 41.1 Å². The lowest BCUT2D eigenvalue weighted by molar-refractivity contribution is -0.134. The number of carboxylic acids is 1. The third-order valence-electron chi connectivity index (χ3n) is 2.40. The second-order valence-corrected chi connectivity index (χ2v) is 4.05. The minimum atomic E-state index is -0.833. The third kappa shape index (κ3) is 9.04. The first-order chi connectivity index (χ1) is 9.90. The monoisotopic (exact) mass is 293 g/mol. The first-order valence-corrected chi connectivity index (χ1v) is 6.57. The van der Waals surface area contributed by atoms with E-state index >= 15 is 0 Å². The van der Waals surface area contributed by atoms with Crippen LogP contribution in [0.5, 0.6) is 0 Å². The molecule has 0 fully saturated rings. The highest BCUT2D eigenvalue weighted by Crippen LogP contribution is 2.13. The highest BCUT2D eigenvalue weighted by molar-refractivity contribution is 5.82. The van der Waals surface area contributed by atoms with Crippen molar-refractivity contribution in [3.63, 3.8) is 0 Å². The molecule has 21 heavy (non-hydrogen) atoms. The summed E-state index contributed by atoms with van der Waals surface area (Å²) in [5.41, 5.74) is 12.5. The molecule has 0 aliphatic heterocycles. The Morgan fingerprint density at radius 1 is 1.24 bits per heavy atom. The number of hydrogen-bond acceptors (Lipinski definition) is 4. The minimum Gasteiger partial charge on any atom is -0.481 e. The Balaban J connectivity index is 0.000000885. The number of benzene rings is 1. The van der Waals surface area contributed by atoms with Crippen molar-refractivity contribution in [3.8, 4) is 0 Å². The van der Waals surface area contributed by atoms with Crippen LogP contribution in [0.25, 0.3) is 0 Å². The molecule has 0 aliphatic carbocycles. The average Bonchev–Trinajstić information content (AvgIpc) is 2.41. The molecule has 1 aromatic rings. The number of aliphatic carboxylic acids is 1. The lowest BCUT2D eigenvalue weighted by Crippen LogP contribution is -2.21. The fraction of sp³-hybridized carbons (Fsp3) is 0.357. The van der Waals surface area contributed by atoms with E-state index < -0.39 is 5.97 Å². The molecular formula is C14H23N5O2. The number of guanidine groups is 1. The fourth-order valence-electron chi connectivity index (χ4n) is 1.52. The summed E-state index contributed by atoms with van der Waals surface area (Å²) in [6.07, 6.45) is 1.62. The Labute approximate surface area is 125 Å². The fourth-order valence-corrected chi connectivity index (χ4v) is 1.52. The van der Waals surface area contributed by atoms with Crippen LogP contribution in [0.1, 0.15) is 26.3 Å². The Hall–Kier alpha value is -2.57. The van der Waals surface area contributed by atoms with Crippen molar-refractivity contribution >= 4 is 23.8 Å². The summed E-state index contributed by atoms with van der Waals surface area (Å²) in [4.78, 5) is 11.3. The predicted octanol–water partition coefficient (Wildman–Crippen LogP) is 1.23. The van der Waals surface area contributed by atoms with Gasteiger partial charge in [0.05, 0.1) is 6.21 Å². The van der Waals surface area contributed by atoms with Crippen LogP contribution in [0.2, 0.25) is 0 Å². The van der Waals surface area contributed by atoms with Crippen LogP contribution in [0.15, 0.2) is 34.5 Å². The van der Waals surface area contributed by atoms with Crippen molar-refractivity contribution in [1.82, 2.24) is 0 Å². The lowest BCUT2D eigenvalue weighted by Gasteiger charge is -2.20. The molecule has 0 bridgehead atoms. The number of nitrogens with two attached hydrogens (primary N) is 2. The number of anilines is 1. The zero-order valence-corrected chi connectivity index (χ0v) is 12.7. The average molecular weight is 293 g/mol. The Bertz CT molecular complexity index is 471. The highest BCUT2D eigenvalue weighted by atomic mass is 16.4. The van der Waals surface area contributed by atoms with Crippen molar-refractivity contribution < 1.29 is 9.90 Å². The second kappa shape index (κ2) is 10.2. The molecule has 0 saturated heterocycles. The van der Waals surface area contributed by atoms with Crippen LogP contribution in [0, 0.1) is 0 Å². The Morgan fingerprint density at radius 2 is 1.71 bits per heavy atom. The van der Waals surface area contributed by atoms with Gasteiger partial charge in [-0.2, -0.15) is 5.10 Å². The summed E-state index contributed by atoms with van der Waals surface area (Å²) in [5.74, 6) is -0.874. The van der Waals surface area contributed by atoms with Crippen LogP contribution in [-0.2, 0) is 4.79 Å². The molecule has 0 amide bonds. The van der Waals surface area contributed by atoms with E-state index in [4.69, 9.17) is 21.4 Å². The largest absolute Gasteiger partial charge is 0.481 e. The molecule has 116 valence electrons. The molecule has 5 N–H and O–H groups in total. The van der Waals surface area contributed by atoms with Gasteiger partial charge in [-0.1, -0.05) is 12.1 Å². The molecule has 7 heteroatoms. The van der Waals surface area contributed by atoms with Crippen LogP contribution in [0.4, 0.5) is 5.69 Å². The standard InChI is InChI=1S/C12H19N5.C2H4O2/c1-3-17(4-2)11-7-5-10(6-8-11)9-15-16-12(13)14;1-2(3)4/h5-9H,3-4H2,1-2H3,(H4,13,14,16);1H3,(H,3,4). The summed E-state index contributed by atoms with van der Waals surface area (Å²) in [6, 6.07) is 8.09. The maximum absolute atomic E-state index is 9.00. The summed E-state index contributed by atoms with van der Waals surface area (Å²) >= 11 is 0. The third-order valence-corrected chi connectivity index (χ3v) is 2.40. The predicted molar refractivity (Wildman–Crippen MR) is 86.7 cm³/mol. The highest BCUT2D eigenvalue weighted by Gasteiger charge is 1.99. The van der Waals surface area contributed by atoms with Gasteiger partial charge in [-0.3, -0.25) is 4.79 Å². The van der Waals surface area contributed by atoms with Gasteiger partial charge in [-0.15, -0.1) is 5.10 Å². The molecule has 0 unspecified atom stereocenters. The Kier molecular flexibility index (Phi) is 8.99. The second-order valence-electron chi connectivity index (χ2n) is 4.05. The van der Waals surface area contributed by atoms with Crippen molar-refractivity contribution in [2.45, 2.75) is 20.8 Å². The number of carboxylic acid groups (broad SMARTS) is 1. The molecule has 0 aliphatic rings. The van der Waals surface area contributed by atoms with Gasteiger partial charge < -0.3 is 21.5 Å². The molecule has 0 heterocycles. The summed E-state index contributed by atoms with van der Waals surface area (Å²) in [6.45, 7) is 7.35. The van der Waals surface area contributed by atoms with E-state index in [9.17, 15) is 0 Å². The number of nitrogens with zero attached hydrogens (tertiary/aromatic N) is 3. The van der Waals surface area contributed by atoms with Gasteiger partial charge in [-0.05, 0) is 31.5 Å².